The Labute approximate surface area is 125 Å². The topological polar surface area (TPSA) is 54.0 Å². The van der Waals surface area contributed by atoms with Crippen molar-refractivity contribution in [2.45, 2.75) is 13.0 Å². The molecule has 0 saturated carbocycles. The van der Waals surface area contributed by atoms with Crippen LogP contribution in [-0.2, 0) is 11.3 Å². The third-order valence-corrected chi connectivity index (χ3v) is 2.89. The van der Waals surface area contributed by atoms with Crippen molar-refractivity contribution in [3.05, 3.63) is 59.7 Å². The van der Waals surface area contributed by atoms with Gasteiger partial charge in [-0.3, -0.25) is 9.78 Å². The lowest BCUT2D eigenvalue weighted by Crippen LogP contribution is -2.22. The van der Waals surface area contributed by atoms with E-state index in [1.54, 1.807) is 18.5 Å². The Morgan fingerprint density at radius 1 is 1.14 bits per heavy atom. The first-order valence-electron chi connectivity index (χ1n) is 6.61. The molecule has 1 aromatic heterocycles. The van der Waals surface area contributed by atoms with E-state index in [9.17, 15) is 18.0 Å². The number of carbonyl (C=O) groups excluding carboxylic acids is 1. The molecule has 0 aliphatic carbocycles. The fourth-order valence-corrected chi connectivity index (χ4v) is 1.77. The summed E-state index contributed by atoms with van der Waals surface area (Å²) in [7, 11) is 0. The first-order chi connectivity index (χ1) is 10.6. The summed E-state index contributed by atoms with van der Waals surface area (Å²) in [6, 6.07) is 5.43. The zero-order valence-corrected chi connectivity index (χ0v) is 11.6. The molecule has 2 N–H and O–H groups in total. The van der Waals surface area contributed by atoms with Crippen LogP contribution in [0.4, 0.5) is 18.9 Å². The third kappa shape index (κ3) is 4.29. The highest BCUT2D eigenvalue weighted by atomic mass is 19.2. The molecule has 1 heterocycles. The van der Waals surface area contributed by atoms with Crippen LogP contribution in [0.3, 0.4) is 0 Å². The van der Waals surface area contributed by atoms with Gasteiger partial charge in [0.2, 0.25) is 5.91 Å². The lowest BCUT2D eigenvalue weighted by Gasteiger charge is -2.08. The van der Waals surface area contributed by atoms with Crippen molar-refractivity contribution >= 4 is 11.6 Å². The Balaban J connectivity index is 1.78. The van der Waals surface area contributed by atoms with Crippen molar-refractivity contribution < 1.29 is 18.0 Å². The van der Waals surface area contributed by atoms with E-state index in [0.717, 1.165) is 17.7 Å². The fourth-order valence-electron chi connectivity index (χ4n) is 1.77. The number of aromatic nitrogens is 1. The van der Waals surface area contributed by atoms with E-state index in [-0.39, 0.29) is 12.1 Å². The number of hydrogen-bond acceptors (Lipinski definition) is 3. The SMILES string of the molecule is O=C(CCNCc1cccnc1)Nc1ccc(F)c(F)c1F. The minimum absolute atomic E-state index is 0.0682. The Morgan fingerprint density at radius 3 is 2.68 bits per heavy atom. The molecular formula is C15H14F3N3O. The minimum atomic E-state index is -1.60. The monoisotopic (exact) mass is 309 g/mol. The average Bonchev–Trinajstić information content (AvgIpc) is 2.53. The molecular weight excluding hydrogens is 295 g/mol. The molecule has 22 heavy (non-hydrogen) atoms. The molecule has 7 heteroatoms. The summed E-state index contributed by atoms with van der Waals surface area (Å²) in [6.45, 7) is 0.896. The summed E-state index contributed by atoms with van der Waals surface area (Å²) in [5, 5.41) is 5.23. The number of amides is 1. The molecule has 0 unspecified atom stereocenters. The molecule has 0 bridgehead atoms. The van der Waals surface area contributed by atoms with Crippen molar-refractivity contribution in [2.75, 3.05) is 11.9 Å². The Bertz CT molecular complexity index is 650. The van der Waals surface area contributed by atoms with Gasteiger partial charge >= 0.3 is 0 Å². The van der Waals surface area contributed by atoms with Crippen molar-refractivity contribution in [1.29, 1.82) is 0 Å². The number of pyridine rings is 1. The zero-order valence-electron chi connectivity index (χ0n) is 11.6. The summed E-state index contributed by atoms with van der Waals surface area (Å²) < 4.78 is 39.2. The second kappa shape index (κ2) is 7.56. The number of benzene rings is 1. The van der Waals surface area contributed by atoms with E-state index in [1.807, 2.05) is 6.07 Å². The van der Waals surface area contributed by atoms with Crippen LogP contribution in [-0.4, -0.2) is 17.4 Å². The summed E-state index contributed by atoms with van der Waals surface area (Å²) in [5.74, 6) is -4.80. The van der Waals surface area contributed by atoms with Gasteiger partial charge in [0.15, 0.2) is 17.5 Å². The quantitative estimate of drug-likeness (QED) is 0.637. The Hall–Kier alpha value is -2.41. The molecule has 0 atom stereocenters. The van der Waals surface area contributed by atoms with Crippen molar-refractivity contribution in [3.8, 4) is 0 Å². The zero-order chi connectivity index (χ0) is 15.9. The molecule has 1 amide bonds. The number of nitrogens with zero attached hydrogens (tertiary/aromatic N) is 1. The molecule has 116 valence electrons. The summed E-state index contributed by atoms with van der Waals surface area (Å²) in [4.78, 5) is 15.6. The normalized spacial score (nSPS) is 10.5. The van der Waals surface area contributed by atoms with Crippen LogP contribution in [0, 0.1) is 17.5 Å². The van der Waals surface area contributed by atoms with Crippen LogP contribution < -0.4 is 10.6 Å². The van der Waals surface area contributed by atoms with E-state index in [2.05, 4.69) is 15.6 Å². The maximum Gasteiger partial charge on any atom is 0.225 e. The van der Waals surface area contributed by atoms with Crippen LogP contribution in [0.25, 0.3) is 0 Å². The molecule has 0 aliphatic rings. The van der Waals surface area contributed by atoms with Gasteiger partial charge < -0.3 is 10.6 Å². The average molecular weight is 309 g/mol. The Kier molecular flexibility index (Phi) is 5.48. The number of rotatable bonds is 6. The second-order valence-electron chi connectivity index (χ2n) is 4.56. The van der Waals surface area contributed by atoms with Gasteiger partial charge in [-0.2, -0.15) is 0 Å². The standard InChI is InChI=1S/C15H14F3N3O/c16-11-3-4-12(15(18)14(11)17)21-13(22)5-7-20-9-10-2-1-6-19-8-10/h1-4,6,8,20H,5,7,9H2,(H,21,22). The fraction of sp³-hybridized carbons (Fsp3) is 0.200. The van der Waals surface area contributed by atoms with E-state index in [1.165, 1.54) is 0 Å². The molecule has 4 nitrogen and oxygen atoms in total. The van der Waals surface area contributed by atoms with Crippen LogP contribution in [0.2, 0.25) is 0 Å². The van der Waals surface area contributed by atoms with Gasteiger partial charge in [-0.15, -0.1) is 0 Å². The molecule has 0 saturated heterocycles. The van der Waals surface area contributed by atoms with E-state index >= 15 is 0 Å². The molecule has 1 aromatic carbocycles. The molecule has 0 spiro atoms. The first-order valence-corrected chi connectivity index (χ1v) is 6.61. The predicted octanol–water partition coefficient (Wildman–Crippen LogP) is 2.62. The van der Waals surface area contributed by atoms with E-state index < -0.39 is 23.4 Å². The number of anilines is 1. The number of nitrogens with one attached hydrogen (secondary N) is 2. The number of halogens is 3. The van der Waals surface area contributed by atoms with Gasteiger partial charge in [0.25, 0.3) is 0 Å². The smallest absolute Gasteiger partial charge is 0.225 e. The van der Waals surface area contributed by atoms with Gasteiger partial charge in [-0.25, -0.2) is 13.2 Å². The van der Waals surface area contributed by atoms with Crippen molar-refractivity contribution in [3.63, 3.8) is 0 Å². The second-order valence-corrected chi connectivity index (χ2v) is 4.56. The van der Waals surface area contributed by atoms with E-state index in [0.29, 0.717) is 13.1 Å². The van der Waals surface area contributed by atoms with E-state index in [4.69, 9.17) is 0 Å². The predicted molar refractivity (Wildman–Crippen MR) is 75.5 cm³/mol. The molecule has 0 fully saturated rings. The van der Waals surface area contributed by atoms with Crippen LogP contribution >= 0.6 is 0 Å². The lowest BCUT2D eigenvalue weighted by molar-refractivity contribution is -0.116. The highest BCUT2D eigenvalue weighted by molar-refractivity contribution is 5.90. The summed E-state index contributed by atoms with van der Waals surface area (Å²) in [6.07, 6.45) is 3.43. The van der Waals surface area contributed by atoms with Gasteiger partial charge in [0.05, 0.1) is 5.69 Å². The van der Waals surface area contributed by atoms with Crippen LogP contribution in [0.15, 0.2) is 36.7 Å². The van der Waals surface area contributed by atoms with Crippen molar-refractivity contribution in [2.24, 2.45) is 0 Å². The van der Waals surface area contributed by atoms with Gasteiger partial charge in [0, 0.05) is 31.9 Å². The van der Waals surface area contributed by atoms with Gasteiger partial charge in [-0.1, -0.05) is 6.07 Å². The minimum Gasteiger partial charge on any atom is -0.323 e. The lowest BCUT2D eigenvalue weighted by atomic mass is 10.2. The summed E-state index contributed by atoms with van der Waals surface area (Å²) in [5.41, 5.74) is 0.589. The van der Waals surface area contributed by atoms with Crippen LogP contribution in [0.1, 0.15) is 12.0 Å². The summed E-state index contributed by atoms with van der Waals surface area (Å²) >= 11 is 0. The van der Waals surface area contributed by atoms with Crippen LogP contribution in [0.5, 0.6) is 0 Å². The number of carbonyl (C=O) groups is 1. The highest BCUT2D eigenvalue weighted by Gasteiger charge is 2.14. The molecule has 2 aromatic rings. The number of hydrogen-bond donors (Lipinski definition) is 2. The van der Waals surface area contributed by atoms with Gasteiger partial charge in [0.1, 0.15) is 0 Å². The largest absolute Gasteiger partial charge is 0.323 e. The Morgan fingerprint density at radius 2 is 1.95 bits per heavy atom. The molecule has 2 rings (SSSR count). The molecule has 0 radical (unpaired) electrons. The first kappa shape index (κ1) is 16.0. The molecule has 0 aliphatic heterocycles. The third-order valence-electron chi connectivity index (χ3n) is 2.89. The highest BCUT2D eigenvalue weighted by Crippen LogP contribution is 2.19. The van der Waals surface area contributed by atoms with Gasteiger partial charge in [-0.05, 0) is 23.8 Å². The van der Waals surface area contributed by atoms with Crippen molar-refractivity contribution in [1.82, 2.24) is 10.3 Å². The maximum absolute atomic E-state index is 13.4. The maximum atomic E-state index is 13.4.